The van der Waals surface area contributed by atoms with E-state index < -0.39 is 23.9 Å². The molecule has 0 radical (unpaired) electrons. The van der Waals surface area contributed by atoms with Crippen LogP contribution in [0.4, 0.5) is 4.79 Å². The van der Waals surface area contributed by atoms with Gasteiger partial charge >= 0.3 is 6.09 Å². The van der Waals surface area contributed by atoms with Crippen molar-refractivity contribution in [1.29, 1.82) is 0 Å². The molecule has 4 rings (SSSR count). The van der Waals surface area contributed by atoms with E-state index in [9.17, 15) is 9.59 Å². The number of hydrogen-bond donors (Lipinski definition) is 0. The summed E-state index contributed by atoms with van der Waals surface area (Å²) in [6, 6.07) is 23.9. The molecule has 0 spiro atoms. The number of rotatable bonds is 5. The molecule has 0 aliphatic carbocycles. The average molecular weight is 525 g/mol. The van der Waals surface area contributed by atoms with Crippen molar-refractivity contribution < 1.29 is 14.3 Å². The molecular formula is C29H30Cl2N2O3. The van der Waals surface area contributed by atoms with Gasteiger partial charge in [0.2, 0.25) is 0 Å². The van der Waals surface area contributed by atoms with E-state index in [0.717, 1.165) is 11.1 Å². The summed E-state index contributed by atoms with van der Waals surface area (Å²) in [6.45, 7) is 7.34. The monoisotopic (exact) mass is 524 g/mol. The van der Waals surface area contributed by atoms with E-state index in [0.29, 0.717) is 22.0 Å². The number of amides is 2. The molecule has 188 valence electrons. The molecule has 1 aliphatic rings. The molecule has 5 nitrogen and oxygen atoms in total. The summed E-state index contributed by atoms with van der Waals surface area (Å²) < 4.78 is 5.71. The molecule has 0 aromatic heterocycles. The van der Waals surface area contributed by atoms with Crippen molar-refractivity contribution in [2.45, 2.75) is 58.0 Å². The van der Waals surface area contributed by atoms with Gasteiger partial charge in [-0.1, -0.05) is 89.9 Å². The molecule has 1 heterocycles. The van der Waals surface area contributed by atoms with Gasteiger partial charge in [0.25, 0.3) is 5.91 Å². The van der Waals surface area contributed by atoms with Crippen LogP contribution in [0.1, 0.15) is 56.6 Å². The molecule has 0 N–H and O–H groups in total. The smallest absolute Gasteiger partial charge is 0.418 e. The molecule has 7 heteroatoms. The van der Waals surface area contributed by atoms with Gasteiger partial charge in [0.1, 0.15) is 11.8 Å². The van der Waals surface area contributed by atoms with E-state index in [1.54, 1.807) is 39.0 Å². The number of imide groups is 1. The van der Waals surface area contributed by atoms with Crippen LogP contribution in [0.2, 0.25) is 10.0 Å². The molecule has 2 amide bonds. The molecule has 36 heavy (non-hydrogen) atoms. The largest absolute Gasteiger partial charge is 0.443 e. The van der Waals surface area contributed by atoms with Gasteiger partial charge in [-0.15, -0.1) is 0 Å². The highest BCUT2D eigenvalue weighted by atomic mass is 35.5. The molecule has 1 aliphatic heterocycles. The number of carbonyl (C=O) groups is 2. The highest BCUT2D eigenvalue weighted by Crippen LogP contribution is 2.46. The van der Waals surface area contributed by atoms with Crippen molar-refractivity contribution in [3.05, 3.63) is 106 Å². The van der Waals surface area contributed by atoms with E-state index in [4.69, 9.17) is 27.9 Å². The first kappa shape index (κ1) is 26.2. The SMILES string of the molecule is C[C@@H](c1ccccc1)N1[C@@H](Cc2ccccc2)C(=O)N(C(=O)OC(C)(C)C)[C@@H]1c1c(Cl)cccc1Cl. The number of halogens is 2. The first-order valence-corrected chi connectivity index (χ1v) is 12.7. The Bertz CT molecular complexity index is 1210. The number of ether oxygens (including phenoxy) is 1. The summed E-state index contributed by atoms with van der Waals surface area (Å²) in [5, 5.41) is 0.749. The second-order valence-corrected chi connectivity index (χ2v) is 10.8. The van der Waals surface area contributed by atoms with Crippen LogP contribution in [0.5, 0.6) is 0 Å². The quantitative estimate of drug-likeness (QED) is 0.347. The average Bonchev–Trinajstić information content (AvgIpc) is 3.10. The number of carbonyl (C=O) groups excluding carboxylic acids is 2. The molecular weight excluding hydrogens is 495 g/mol. The van der Waals surface area contributed by atoms with Crippen LogP contribution in [0.25, 0.3) is 0 Å². The Labute approximate surface area is 222 Å². The zero-order valence-electron chi connectivity index (χ0n) is 20.8. The molecule has 3 aromatic carbocycles. The van der Waals surface area contributed by atoms with Crippen LogP contribution in [0.15, 0.2) is 78.9 Å². The van der Waals surface area contributed by atoms with Crippen molar-refractivity contribution in [2.75, 3.05) is 0 Å². The Balaban J connectivity index is 1.90. The third kappa shape index (κ3) is 5.44. The molecule has 3 aromatic rings. The first-order chi connectivity index (χ1) is 17.1. The number of benzene rings is 3. The Morgan fingerprint density at radius 3 is 2.03 bits per heavy atom. The van der Waals surface area contributed by atoms with Crippen molar-refractivity contribution >= 4 is 35.2 Å². The summed E-state index contributed by atoms with van der Waals surface area (Å²) >= 11 is 13.4. The van der Waals surface area contributed by atoms with Gasteiger partial charge in [-0.2, -0.15) is 0 Å². The van der Waals surface area contributed by atoms with Gasteiger partial charge in [0, 0.05) is 21.7 Å². The van der Waals surface area contributed by atoms with Crippen LogP contribution in [-0.2, 0) is 16.0 Å². The van der Waals surface area contributed by atoms with Crippen molar-refractivity contribution in [3.63, 3.8) is 0 Å². The maximum absolute atomic E-state index is 14.1. The number of hydrogen-bond acceptors (Lipinski definition) is 4. The molecule has 1 fully saturated rings. The third-order valence-electron chi connectivity index (χ3n) is 6.26. The van der Waals surface area contributed by atoms with Gasteiger partial charge in [0.15, 0.2) is 0 Å². The van der Waals surface area contributed by atoms with Crippen LogP contribution >= 0.6 is 23.2 Å². The fourth-order valence-electron chi connectivity index (χ4n) is 4.66. The number of nitrogens with zero attached hydrogens (tertiary/aromatic N) is 2. The van der Waals surface area contributed by atoms with Crippen molar-refractivity contribution in [1.82, 2.24) is 9.80 Å². The predicted molar refractivity (Wildman–Crippen MR) is 143 cm³/mol. The Morgan fingerprint density at radius 2 is 1.47 bits per heavy atom. The van der Waals surface area contributed by atoms with Gasteiger partial charge in [-0.05, 0) is 57.4 Å². The highest BCUT2D eigenvalue weighted by molar-refractivity contribution is 6.36. The Morgan fingerprint density at radius 1 is 0.917 bits per heavy atom. The molecule has 0 bridgehead atoms. The lowest BCUT2D eigenvalue weighted by Crippen LogP contribution is -2.41. The van der Waals surface area contributed by atoms with Crippen LogP contribution in [0, 0.1) is 0 Å². The predicted octanol–water partition coefficient (Wildman–Crippen LogP) is 7.44. The van der Waals surface area contributed by atoms with Crippen LogP contribution in [-0.4, -0.2) is 33.4 Å². The summed E-state index contributed by atoms with van der Waals surface area (Å²) in [4.78, 5) is 30.9. The standard InChI is InChI=1S/C29H30Cl2N2O3/c1-19(21-14-9-6-10-15-21)32-24(18-20-12-7-5-8-13-20)27(34)33(28(35)36-29(2,3)4)26(32)25-22(30)16-11-17-23(25)31/h5-17,19,24,26H,18H2,1-4H3/t19-,24-,26+/m0/s1. The van der Waals surface area contributed by atoms with Gasteiger partial charge in [-0.25, -0.2) is 9.69 Å². The summed E-state index contributed by atoms with van der Waals surface area (Å²) in [5.41, 5.74) is 1.69. The topological polar surface area (TPSA) is 49.9 Å². The Hall–Kier alpha value is -2.86. The lowest BCUT2D eigenvalue weighted by molar-refractivity contribution is -0.129. The van der Waals surface area contributed by atoms with E-state index in [1.807, 2.05) is 72.5 Å². The van der Waals surface area contributed by atoms with Gasteiger partial charge in [0.05, 0.1) is 6.04 Å². The maximum atomic E-state index is 14.1. The highest BCUT2D eigenvalue weighted by Gasteiger charge is 2.53. The van der Waals surface area contributed by atoms with Gasteiger partial charge < -0.3 is 4.74 Å². The molecule has 0 saturated carbocycles. The van der Waals surface area contributed by atoms with Gasteiger partial charge in [-0.3, -0.25) is 9.69 Å². The first-order valence-electron chi connectivity index (χ1n) is 11.9. The Kier molecular flexibility index (Phi) is 7.74. The molecule has 1 saturated heterocycles. The van der Waals surface area contributed by atoms with Crippen molar-refractivity contribution in [3.8, 4) is 0 Å². The normalized spacial score (nSPS) is 19.4. The summed E-state index contributed by atoms with van der Waals surface area (Å²) in [5.74, 6) is -0.350. The van der Waals surface area contributed by atoms with E-state index in [-0.39, 0.29) is 11.9 Å². The van der Waals surface area contributed by atoms with Crippen molar-refractivity contribution in [2.24, 2.45) is 0 Å². The lowest BCUT2D eigenvalue weighted by Gasteiger charge is -2.36. The lowest BCUT2D eigenvalue weighted by atomic mass is 9.99. The third-order valence-corrected chi connectivity index (χ3v) is 6.92. The second-order valence-electron chi connectivity index (χ2n) is 9.94. The zero-order chi connectivity index (χ0) is 26.0. The van der Waals surface area contributed by atoms with E-state index in [2.05, 4.69) is 0 Å². The van der Waals surface area contributed by atoms with Crippen LogP contribution in [0.3, 0.4) is 0 Å². The summed E-state index contributed by atoms with van der Waals surface area (Å²) in [7, 11) is 0. The maximum Gasteiger partial charge on any atom is 0.418 e. The van der Waals surface area contributed by atoms with E-state index >= 15 is 0 Å². The molecule has 3 atom stereocenters. The minimum absolute atomic E-state index is 0.242. The fraction of sp³-hybridized carbons (Fsp3) is 0.310. The van der Waals surface area contributed by atoms with Crippen LogP contribution < -0.4 is 0 Å². The zero-order valence-corrected chi connectivity index (χ0v) is 22.3. The fourth-order valence-corrected chi connectivity index (χ4v) is 5.26. The van der Waals surface area contributed by atoms with E-state index in [1.165, 1.54) is 4.90 Å². The molecule has 0 unspecified atom stereocenters. The minimum Gasteiger partial charge on any atom is -0.443 e. The minimum atomic E-state index is -0.850. The summed E-state index contributed by atoms with van der Waals surface area (Å²) in [6.07, 6.45) is -1.17. The second kappa shape index (κ2) is 10.6.